The van der Waals surface area contributed by atoms with Crippen LogP contribution in [0, 0.1) is 17.0 Å². The molecule has 0 bridgehead atoms. The van der Waals surface area contributed by atoms with Crippen molar-refractivity contribution < 1.29 is 9.66 Å². The maximum absolute atomic E-state index is 11.1. The van der Waals surface area contributed by atoms with Crippen LogP contribution in [0.15, 0.2) is 0 Å². The Kier molecular flexibility index (Phi) is 5.08. The molecule has 0 aliphatic carbocycles. The Morgan fingerprint density at radius 1 is 1.56 bits per heavy atom. The number of methoxy groups -OCH3 is 1. The van der Waals surface area contributed by atoms with Crippen molar-refractivity contribution >= 4 is 11.5 Å². The van der Waals surface area contributed by atoms with Crippen molar-refractivity contribution in [2.24, 2.45) is 0 Å². The van der Waals surface area contributed by atoms with Gasteiger partial charge in [-0.05, 0) is 27.2 Å². The normalized spacial score (nSPS) is 10.9. The van der Waals surface area contributed by atoms with Gasteiger partial charge in [0.2, 0.25) is 5.82 Å². The van der Waals surface area contributed by atoms with Gasteiger partial charge in [-0.25, -0.2) is 4.68 Å². The molecule has 1 aromatic rings. The number of aromatic nitrogens is 2. The molecule has 0 atom stereocenters. The number of hydrogen-bond acceptors (Lipinski definition) is 5. The van der Waals surface area contributed by atoms with E-state index in [2.05, 4.69) is 10.4 Å². The molecule has 0 unspecified atom stereocenters. The lowest BCUT2D eigenvalue weighted by Gasteiger charge is -2.11. The van der Waals surface area contributed by atoms with E-state index in [1.54, 1.807) is 18.7 Å². The van der Waals surface area contributed by atoms with Crippen LogP contribution in [0.3, 0.4) is 0 Å². The lowest BCUT2D eigenvalue weighted by Crippen LogP contribution is -2.13. The number of nitrogens with one attached hydrogen (secondary N) is 1. The monoisotopic (exact) mass is 256 g/mol. The van der Waals surface area contributed by atoms with Crippen LogP contribution in [-0.2, 0) is 4.74 Å². The third kappa shape index (κ3) is 3.19. The van der Waals surface area contributed by atoms with E-state index in [1.165, 1.54) is 0 Å². The minimum Gasteiger partial charge on any atom is -0.385 e. The molecule has 0 spiro atoms. The molecule has 7 nitrogen and oxygen atoms in total. The van der Waals surface area contributed by atoms with E-state index >= 15 is 0 Å². The Morgan fingerprint density at radius 3 is 2.72 bits per heavy atom. The zero-order chi connectivity index (χ0) is 13.7. The van der Waals surface area contributed by atoms with E-state index in [0.29, 0.717) is 24.7 Å². The third-order valence-corrected chi connectivity index (χ3v) is 2.54. The molecule has 0 aliphatic heterocycles. The van der Waals surface area contributed by atoms with Gasteiger partial charge in [0.1, 0.15) is 5.69 Å². The van der Waals surface area contributed by atoms with E-state index in [1.807, 2.05) is 13.8 Å². The highest BCUT2D eigenvalue weighted by molar-refractivity contribution is 5.59. The predicted molar refractivity (Wildman–Crippen MR) is 69.0 cm³/mol. The quantitative estimate of drug-likeness (QED) is 0.459. The summed E-state index contributed by atoms with van der Waals surface area (Å²) in [6.45, 7) is 6.77. The second-order valence-electron chi connectivity index (χ2n) is 4.35. The Morgan fingerprint density at radius 2 is 2.22 bits per heavy atom. The maximum atomic E-state index is 11.1. The number of anilines is 1. The second kappa shape index (κ2) is 6.34. The third-order valence-electron chi connectivity index (χ3n) is 2.54. The fourth-order valence-electron chi connectivity index (χ4n) is 1.72. The van der Waals surface area contributed by atoms with E-state index in [9.17, 15) is 10.1 Å². The summed E-state index contributed by atoms with van der Waals surface area (Å²) >= 11 is 0. The molecular weight excluding hydrogens is 236 g/mol. The summed E-state index contributed by atoms with van der Waals surface area (Å²) in [4.78, 5) is 10.7. The fourth-order valence-corrected chi connectivity index (χ4v) is 1.72. The summed E-state index contributed by atoms with van der Waals surface area (Å²) in [6, 6.07) is 0.0716. The van der Waals surface area contributed by atoms with Crippen LogP contribution in [0.5, 0.6) is 0 Å². The molecule has 0 fully saturated rings. The van der Waals surface area contributed by atoms with Gasteiger partial charge in [0.05, 0.1) is 4.92 Å². The Balaban J connectivity index is 2.93. The highest BCUT2D eigenvalue weighted by Gasteiger charge is 2.25. The first-order valence-electron chi connectivity index (χ1n) is 5.95. The zero-order valence-corrected chi connectivity index (χ0v) is 11.3. The first kappa shape index (κ1) is 14.4. The molecule has 1 aromatic heterocycles. The lowest BCUT2D eigenvalue weighted by molar-refractivity contribution is -0.384. The summed E-state index contributed by atoms with van der Waals surface area (Å²) in [6.07, 6.45) is 0.788. The summed E-state index contributed by atoms with van der Waals surface area (Å²) < 4.78 is 6.60. The molecule has 0 aliphatic rings. The average molecular weight is 256 g/mol. The molecule has 1 N–H and O–H groups in total. The van der Waals surface area contributed by atoms with Crippen molar-refractivity contribution in [2.75, 3.05) is 25.6 Å². The van der Waals surface area contributed by atoms with Gasteiger partial charge in [-0.1, -0.05) is 0 Å². The van der Waals surface area contributed by atoms with Gasteiger partial charge in [0, 0.05) is 26.3 Å². The number of nitrogens with zero attached hydrogens (tertiary/aromatic N) is 3. The molecular formula is C11H20N4O3. The van der Waals surface area contributed by atoms with Crippen molar-refractivity contribution in [2.45, 2.75) is 33.2 Å². The van der Waals surface area contributed by atoms with Crippen molar-refractivity contribution in [3.8, 4) is 0 Å². The van der Waals surface area contributed by atoms with Gasteiger partial charge >= 0.3 is 5.69 Å². The molecule has 0 saturated heterocycles. The fraction of sp³-hybridized carbons (Fsp3) is 0.727. The Bertz CT molecular complexity index is 415. The molecule has 1 rings (SSSR count). The molecule has 7 heteroatoms. The first-order chi connectivity index (χ1) is 8.49. The lowest BCUT2D eigenvalue weighted by atomic mass is 10.3. The summed E-state index contributed by atoms with van der Waals surface area (Å²) in [5.74, 6) is 0.476. The Hall–Kier alpha value is -1.63. The maximum Gasteiger partial charge on any atom is 0.333 e. The Labute approximate surface area is 106 Å². The van der Waals surface area contributed by atoms with E-state index in [0.717, 1.165) is 6.42 Å². The first-order valence-corrected chi connectivity index (χ1v) is 5.95. The number of ether oxygens (including phenoxy) is 1. The van der Waals surface area contributed by atoms with Crippen molar-refractivity contribution in [1.82, 2.24) is 9.78 Å². The standard InChI is InChI=1S/C11H20N4O3/c1-8(2)14-11(12-6-5-7-18-4)10(15(16)17)9(3)13-14/h8,12H,5-7H2,1-4H3. The van der Waals surface area contributed by atoms with Crippen LogP contribution in [0.1, 0.15) is 32.0 Å². The highest BCUT2D eigenvalue weighted by atomic mass is 16.6. The van der Waals surface area contributed by atoms with Gasteiger partial charge in [0.15, 0.2) is 0 Å². The molecule has 102 valence electrons. The van der Waals surface area contributed by atoms with Crippen LogP contribution >= 0.6 is 0 Å². The molecule has 1 heterocycles. The highest BCUT2D eigenvalue weighted by Crippen LogP contribution is 2.30. The predicted octanol–water partition coefficient (Wildman–Crippen LogP) is 2.13. The SMILES string of the molecule is COCCCNc1c([N+](=O)[O-])c(C)nn1C(C)C. The summed E-state index contributed by atoms with van der Waals surface area (Å²) in [7, 11) is 1.63. The van der Waals surface area contributed by atoms with Gasteiger partial charge in [-0.15, -0.1) is 0 Å². The zero-order valence-electron chi connectivity index (χ0n) is 11.3. The van der Waals surface area contributed by atoms with Crippen LogP contribution in [-0.4, -0.2) is 35.0 Å². The minimum absolute atomic E-state index is 0.0566. The second-order valence-corrected chi connectivity index (χ2v) is 4.35. The van der Waals surface area contributed by atoms with Gasteiger partial charge in [-0.3, -0.25) is 10.1 Å². The topological polar surface area (TPSA) is 82.2 Å². The molecule has 18 heavy (non-hydrogen) atoms. The summed E-state index contributed by atoms with van der Waals surface area (Å²) in [5.41, 5.74) is 0.490. The van der Waals surface area contributed by atoms with Gasteiger partial charge in [-0.2, -0.15) is 5.10 Å². The van der Waals surface area contributed by atoms with Crippen molar-refractivity contribution in [3.05, 3.63) is 15.8 Å². The average Bonchev–Trinajstić information content (AvgIpc) is 2.62. The smallest absolute Gasteiger partial charge is 0.333 e. The van der Waals surface area contributed by atoms with Crippen LogP contribution in [0.2, 0.25) is 0 Å². The minimum atomic E-state index is -0.389. The summed E-state index contributed by atoms with van der Waals surface area (Å²) in [5, 5.41) is 18.3. The molecule has 0 amide bonds. The van der Waals surface area contributed by atoms with E-state index in [-0.39, 0.29) is 16.7 Å². The molecule has 0 saturated carbocycles. The molecule has 0 aromatic carbocycles. The van der Waals surface area contributed by atoms with E-state index < -0.39 is 0 Å². The van der Waals surface area contributed by atoms with Crippen LogP contribution < -0.4 is 5.32 Å². The number of nitro groups is 1. The largest absolute Gasteiger partial charge is 0.385 e. The van der Waals surface area contributed by atoms with Gasteiger partial charge < -0.3 is 10.1 Å². The number of aryl methyl sites for hydroxylation is 1. The van der Waals surface area contributed by atoms with E-state index in [4.69, 9.17) is 4.74 Å². The number of hydrogen-bond donors (Lipinski definition) is 1. The van der Waals surface area contributed by atoms with Crippen molar-refractivity contribution in [1.29, 1.82) is 0 Å². The van der Waals surface area contributed by atoms with Crippen LogP contribution in [0.25, 0.3) is 0 Å². The van der Waals surface area contributed by atoms with Crippen LogP contribution in [0.4, 0.5) is 11.5 Å². The molecule has 0 radical (unpaired) electrons. The number of rotatable bonds is 7. The van der Waals surface area contributed by atoms with Crippen molar-refractivity contribution in [3.63, 3.8) is 0 Å². The van der Waals surface area contributed by atoms with Gasteiger partial charge in [0.25, 0.3) is 0 Å².